The maximum Gasteiger partial charge on any atom is 0.224 e. The number of ether oxygens (including phenoxy) is 1. The average Bonchev–Trinajstić information content (AvgIpc) is 2.39. The molecule has 1 N–H and O–H groups in total. The monoisotopic (exact) mass is 277 g/mol. The Morgan fingerprint density at radius 3 is 3.00 bits per heavy atom. The lowest BCUT2D eigenvalue weighted by molar-refractivity contribution is 0.442. The van der Waals surface area contributed by atoms with E-state index in [9.17, 15) is 0 Å². The molecule has 0 aliphatic heterocycles. The van der Waals surface area contributed by atoms with E-state index in [1.807, 2.05) is 12.1 Å². The molecule has 0 radical (unpaired) electrons. The molecule has 100 valence electrons. The number of hydrogen-bond donors (Lipinski definition) is 1. The molecule has 4 nitrogen and oxygen atoms in total. The maximum absolute atomic E-state index is 5.89. The molecule has 0 saturated carbocycles. The average molecular weight is 278 g/mol. The van der Waals surface area contributed by atoms with Gasteiger partial charge in [0.2, 0.25) is 5.88 Å². The van der Waals surface area contributed by atoms with E-state index in [1.54, 1.807) is 24.7 Å². The van der Waals surface area contributed by atoms with Crippen molar-refractivity contribution in [1.29, 1.82) is 0 Å². The second kappa shape index (κ2) is 6.50. The van der Waals surface area contributed by atoms with Crippen LogP contribution in [0.25, 0.3) is 0 Å². The molecule has 1 atom stereocenters. The molecule has 2 rings (SSSR count). The molecule has 0 spiro atoms. The van der Waals surface area contributed by atoms with E-state index in [2.05, 4.69) is 29.1 Å². The van der Waals surface area contributed by atoms with Crippen LogP contribution in [0, 0.1) is 0 Å². The Hall–Kier alpha value is -1.65. The molecule has 0 amide bonds. The number of nitrogens with zero attached hydrogens (tertiary/aromatic N) is 2. The predicted octanol–water partition coefficient (Wildman–Crippen LogP) is 3.59. The first-order valence-corrected chi connectivity index (χ1v) is 6.55. The standard InChI is InChI=1S/C14H16ClN3O/c1-3-17-10(2)13-5-4-6-18-14(13)19-12-7-11(15)8-16-9-12/h4-10,17H,3H2,1-2H3. The predicted molar refractivity (Wildman–Crippen MR) is 75.6 cm³/mol. The zero-order chi connectivity index (χ0) is 13.7. The van der Waals surface area contributed by atoms with E-state index in [4.69, 9.17) is 16.3 Å². The minimum absolute atomic E-state index is 0.167. The minimum atomic E-state index is 0.167. The summed E-state index contributed by atoms with van der Waals surface area (Å²) < 4.78 is 5.76. The van der Waals surface area contributed by atoms with Crippen LogP contribution in [0.1, 0.15) is 25.5 Å². The molecule has 2 heterocycles. The topological polar surface area (TPSA) is 47.0 Å². The largest absolute Gasteiger partial charge is 0.437 e. The third-order valence-electron chi connectivity index (χ3n) is 2.67. The van der Waals surface area contributed by atoms with Gasteiger partial charge in [-0.05, 0) is 19.5 Å². The second-order valence-electron chi connectivity index (χ2n) is 4.12. The van der Waals surface area contributed by atoms with Crippen molar-refractivity contribution in [3.63, 3.8) is 0 Å². The van der Waals surface area contributed by atoms with E-state index < -0.39 is 0 Å². The normalized spacial score (nSPS) is 12.2. The fourth-order valence-electron chi connectivity index (χ4n) is 1.79. The first-order chi connectivity index (χ1) is 9.20. The molecule has 0 saturated heterocycles. The third-order valence-corrected chi connectivity index (χ3v) is 2.88. The Morgan fingerprint density at radius 1 is 1.42 bits per heavy atom. The van der Waals surface area contributed by atoms with Gasteiger partial charge in [-0.15, -0.1) is 0 Å². The summed E-state index contributed by atoms with van der Waals surface area (Å²) in [4.78, 5) is 8.26. The highest BCUT2D eigenvalue weighted by Crippen LogP contribution is 2.27. The van der Waals surface area contributed by atoms with E-state index >= 15 is 0 Å². The maximum atomic E-state index is 5.89. The summed E-state index contributed by atoms with van der Waals surface area (Å²) in [6.45, 7) is 5.02. The fourth-order valence-corrected chi connectivity index (χ4v) is 1.96. The molecule has 1 unspecified atom stereocenters. The number of aromatic nitrogens is 2. The van der Waals surface area contributed by atoms with Gasteiger partial charge in [0.05, 0.1) is 11.2 Å². The van der Waals surface area contributed by atoms with Gasteiger partial charge < -0.3 is 10.1 Å². The fraction of sp³-hybridized carbons (Fsp3) is 0.286. The van der Waals surface area contributed by atoms with Crippen molar-refractivity contribution in [3.8, 4) is 11.6 Å². The Balaban J connectivity index is 2.25. The quantitative estimate of drug-likeness (QED) is 0.907. The summed E-state index contributed by atoms with van der Waals surface area (Å²) in [5.74, 6) is 1.15. The lowest BCUT2D eigenvalue weighted by atomic mass is 10.1. The van der Waals surface area contributed by atoms with Gasteiger partial charge in [-0.3, -0.25) is 4.98 Å². The van der Waals surface area contributed by atoms with Crippen LogP contribution in [0.4, 0.5) is 0 Å². The lowest BCUT2D eigenvalue weighted by Crippen LogP contribution is -2.18. The number of nitrogens with one attached hydrogen (secondary N) is 1. The van der Waals surface area contributed by atoms with Crippen molar-refractivity contribution in [2.75, 3.05) is 6.54 Å². The van der Waals surface area contributed by atoms with Crippen molar-refractivity contribution in [2.45, 2.75) is 19.9 Å². The van der Waals surface area contributed by atoms with Gasteiger partial charge in [0.1, 0.15) is 5.75 Å². The van der Waals surface area contributed by atoms with Crippen LogP contribution >= 0.6 is 11.6 Å². The van der Waals surface area contributed by atoms with E-state index in [-0.39, 0.29) is 6.04 Å². The molecule has 0 bridgehead atoms. The number of pyridine rings is 2. The van der Waals surface area contributed by atoms with Crippen molar-refractivity contribution < 1.29 is 4.74 Å². The van der Waals surface area contributed by atoms with Crippen molar-refractivity contribution in [2.24, 2.45) is 0 Å². The van der Waals surface area contributed by atoms with Crippen molar-refractivity contribution in [3.05, 3.63) is 47.4 Å². The highest BCUT2D eigenvalue weighted by atomic mass is 35.5. The number of rotatable bonds is 5. The number of hydrogen-bond acceptors (Lipinski definition) is 4. The second-order valence-corrected chi connectivity index (χ2v) is 4.55. The summed E-state index contributed by atoms with van der Waals surface area (Å²) in [5, 5.41) is 3.87. The van der Waals surface area contributed by atoms with Crippen LogP contribution in [-0.4, -0.2) is 16.5 Å². The molecular formula is C14H16ClN3O. The first kappa shape index (κ1) is 13.8. The van der Waals surface area contributed by atoms with Crippen LogP contribution in [-0.2, 0) is 0 Å². The first-order valence-electron chi connectivity index (χ1n) is 6.17. The minimum Gasteiger partial charge on any atom is -0.437 e. The zero-order valence-corrected chi connectivity index (χ0v) is 11.7. The summed E-state index contributed by atoms with van der Waals surface area (Å²) in [5.41, 5.74) is 1.00. The Morgan fingerprint density at radius 2 is 2.26 bits per heavy atom. The molecule has 0 aliphatic rings. The molecule has 5 heteroatoms. The van der Waals surface area contributed by atoms with Gasteiger partial charge in [0.15, 0.2) is 0 Å². The van der Waals surface area contributed by atoms with E-state index in [0.717, 1.165) is 12.1 Å². The Bertz CT molecular complexity index is 548. The molecule has 0 fully saturated rings. The molecular weight excluding hydrogens is 262 g/mol. The van der Waals surface area contributed by atoms with Gasteiger partial charge >= 0.3 is 0 Å². The van der Waals surface area contributed by atoms with Gasteiger partial charge in [0, 0.05) is 30.1 Å². The smallest absolute Gasteiger partial charge is 0.224 e. The highest BCUT2D eigenvalue weighted by Gasteiger charge is 2.12. The van der Waals surface area contributed by atoms with Crippen LogP contribution in [0.5, 0.6) is 11.6 Å². The third kappa shape index (κ3) is 3.66. The highest BCUT2D eigenvalue weighted by molar-refractivity contribution is 6.30. The van der Waals surface area contributed by atoms with Crippen molar-refractivity contribution >= 4 is 11.6 Å². The van der Waals surface area contributed by atoms with Gasteiger partial charge in [-0.2, -0.15) is 0 Å². The Kier molecular flexibility index (Phi) is 4.71. The summed E-state index contributed by atoms with van der Waals surface area (Å²) >= 11 is 5.89. The molecule has 19 heavy (non-hydrogen) atoms. The molecule has 2 aromatic rings. The summed E-state index contributed by atoms with van der Waals surface area (Å²) in [6.07, 6.45) is 4.88. The van der Waals surface area contributed by atoms with Gasteiger partial charge in [0.25, 0.3) is 0 Å². The molecule has 0 aliphatic carbocycles. The number of halogens is 1. The van der Waals surface area contributed by atoms with Gasteiger partial charge in [-0.1, -0.05) is 24.6 Å². The van der Waals surface area contributed by atoms with E-state index in [1.165, 1.54) is 0 Å². The lowest BCUT2D eigenvalue weighted by Gasteiger charge is -2.16. The zero-order valence-electron chi connectivity index (χ0n) is 10.9. The van der Waals surface area contributed by atoms with Crippen LogP contribution in [0.3, 0.4) is 0 Å². The van der Waals surface area contributed by atoms with Crippen LogP contribution in [0.15, 0.2) is 36.8 Å². The Labute approximate surface area is 117 Å². The van der Waals surface area contributed by atoms with Crippen LogP contribution < -0.4 is 10.1 Å². The molecule has 2 aromatic heterocycles. The summed E-state index contributed by atoms with van der Waals surface area (Å²) in [7, 11) is 0. The molecule has 0 aromatic carbocycles. The SMILES string of the molecule is CCNC(C)c1cccnc1Oc1cncc(Cl)c1. The van der Waals surface area contributed by atoms with Gasteiger partial charge in [-0.25, -0.2) is 4.98 Å². The summed E-state index contributed by atoms with van der Waals surface area (Å²) in [6, 6.07) is 5.77. The van der Waals surface area contributed by atoms with Crippen LogP contribution in [0.2, 0.25) is 5.02 Å². The van der Waals surface area contributed by atoms with E-state index in [0.29, 0.717) is 16.7 Å². The van der Waals surface area contributed by atoms with Crippen molar-refractivity contribution in [1.82, 2.24) is 15.3 Å².